The number of hydrogen-bond donors (Lipinski definition) is 3. The minimum absolute atomic E-state index is 0. The van der Waals surface area contributed by atoms with Crippen LogP contribution in [0.1, 0.15) is 52.7 Å². The Morgan fingerprint density at radius 2 is 1.83 bits per heavy atom. The third kappa shape index (κ3) is 10.2. The van der Waals surface area contributed by atoms with Gasteiger partial charge in [-0.2, -0.15) is 13.2 Å². The first kappa shape index (κ1) is 36.7. The van der Waals surface area contributed by atoms with Gasteiger partial charge in [0, 0.05) is 16.6 Å². The number of carbonyl (C=O) groups is 1. The van der Waals surface area contributed by atoms with Crippen molar-refractivity contribution in [2.75, 3.05) is 5.75 Å². The topological polar surface area (TPSA) is 161 Å². The van der Waals surface area contributed by atoms with Crippen molar-refractivity contribution < 1.29 is 58.3 Å². The number of nitrogens with one attached hydrogen (secondary N) is 1. The van der Waals surface area contributed by atoms with Crippen LogP contribution in [-0.4, -0.2) is 46.6 Å². The third-order valence-electron chi connectivity index (χ3n) is 4.99. The number of carboxylic acid groups (broad SMARTS) is 1. The van der Waals surface area contributed by atoms with Crippen LogP contribution in [-0.2, 0) is 50.9 Å². The number of benzene rings is 2. The van der Waals surface area contributed by atoms with Gasteiger partial charge >= 0.3 is 34.5 Å². The summed E-state index contributed by atoms with van der Waals surface area (Å²) in [7, 11) is -2.12. The van der Waals surface area contributed by atoms with E-state index < -0.39 is 51.5 Å². The number of nitrogens with zero attached hydrogens (tertiary/aromatic N) is 3. The summed E-state index contributed by atoms with van der Waals surface area (Å²) in [6.07, 6.45) is -5.79. The summed E-state index contributed by atoms with van der Waals surface area (Å²) in [6.45, 7) is 3.83. The molecule has 0 spiro atoms. The average molecular weight is 816 g/mol. The molecule has 0 amide bonds. The summed E-state index contributed by atoms with van der Waals surface area (Å²) in [6, 6.07) is 11.5. The van der Waals surface area contributed by atoms with Gasteiger partial charge in [-0.05, 0) is 35.4 Å². The van der Waals surface area contributed by atoms with Gasteiger partial charge in [0.25, 0.3) is 0 Å². The molecular formula is C24H27AuF3N5O5S3. The summed E-state index contributed by atoms with van der Waals surface area (Å²) >= 11 is -0.769. The van der Waals surface area contributed by atoms with Crippen molar-refractivity contribution in [1.29, 1.82) is 0 Å². The molecule has 0 aliphatic rings. The molecule has 2 aromatic carbocycles. The van der Waals surface area contributed by atoms with Crippen LogP contribution in [0.2, 0.25) is 0 Å². The molecule has 4 rings (SSSR count). The van der Waals surface area contributed by atoms with Gasteiger partial charge in [0.15, 0.2) is 16.4 Å². The van der Waals surface area contributed by atoms with Crippen molar-refractivity contribution >= 4 is 49.5 Å². The number of thiazole rings is 1. The third-order valence-corrected chi connectivity index (χ3v) is 8.21. The van der Waals surface area contributed by atoms with Gasteiger partial charge in [0.05, 0.1) is 28.7 Å². The fourth-order valence-corrected chi connectivity index (χ4v) is 6.29. The average Bonchev–Trinajstić information content (AvgIpc) is 3.54. The number of alkyl halides is 3. The van der Waals surface area contributed by atoms with Gasteiger partial charge in [-0.25, -0.2) is 23.8 Å². The molecule has 4 N–H and O–H groups in total. The van der Waals surface area contributed by atoms with E-state index in [1.807, 2.05) is 13.8 Å². The van der Waals surface area contributed by atoms with Crippen LogP contribution in [0.5, 0.6) is 0 Å². The molecule has 0 saturated carbocycles. The Kier molecular flexibility index (Phi) is 14.7. The standard InChI is InChI=1S/C21H18F3N5O5S3.C2H6.CH3.Au/c22-21(23,24)6-7-36(32)17(18-29-28-16(34-18)10-26-37(25)33)19-27-14-5-4-12(9-15(14)35-19)11-2-1-3-13(8-11)20(30)31;1-2;;/h1-5,8-9,17,26H,6-7,10,25H2,(H,30,31);1-2H3;1H3;/q;;-1;+1. The number of aromatic nitrogens is 3. The quantitative estimate of drug-likeness (QED) is 0.150. The summed E-state index contributed by atoms with van der Waals surface area (Å²) < 4.78 is 71.1. The Hall–Kier alpha value is -2.31. The molecular weight excluding hydrogens is 788 g/mol. The zero-order chi connectivity index (χ0) is 28.7. The molecule has 0 fully saturated rings. The number of rotatable bonds is 10. The Bertz CT molecular complexity index is 1500. The zero-order valence-corrected chi connectivity index (χ0v) is 26.5. The van der Waals surface area contributed by atoms with E-state index in [9.17, 15) is 31.5 Å². The van der Waals surface area contributed by atoms with Gasteiger partial charge in [0.1, 0.15) is 5.01 Å². The number of aromatic carboxylic acids is 1. The van der Waals surface area contributed by atoms with Crippen LogP contribution in [0.4, 0.5) is 13.2 Å². The Labute approximate surface area is 259 Å². The Balaban J connectivity index is 0.00000206. The molecule has 0 radical (unpaired) electrons. The van der Waals surface area contributed by atoms with Crippen molar-refractivity contribution in [1.82, 2.24) is 19.9 Å². The molecule has 0 saturated heterocycles. The van der Waals surface area contributed by atoms with Crippen LogP contribution in [0, 0.1) is 7.43 Å². The minimum atomic E-state index is -4.51. The van der Waals surface area contributed by atoms with Crippen LogP contribution in [0.15, 0.2) is 46.9 Å². The van der Waals surface area contributed by atoms with Crippen molar-refractivity contribution in [3.05, 3.63) is 72.2 Å². The van der Waals surface area contributed by atoms with E-state index in [0.29, 0.717) is 21.3 Å². The summed E-state index contributed by atoms with van der Waals surface area (Å²) in [4.78, 5) is 15.8. The fraction of sp³-hybridized carbons (Fsp3) is 0.292. The monoisotopic (exact) mass is 815 g/mol. The van der Waals surface area contributed by atoms with Gasteiger partial charge in [0.2, 0.25) is 11.8 Å². The first-order valence-electron chi connectivity index (χ1n) is 11.4. The second-order valence-electron chi connectivity index (χ2n) is 7.60. The number of carboxylic acids is 1. The fourth-order valence-electron chi connectivity index (χ4n) is 3.31. The molecule has 4 aromatic rings. The molecule has 0 aliphatic carbocycles. The first-order valence-corrected chi connectivity index (χ1v) is 14.8. The zero-order valence-electron chi connectivity index (χ0n) is 21.9. The number of fused-ring (bicyclic) bond motifs is 1. The molecule has 3 atom stereocenters. The van der Waals surface area contributed by atoms with Gasteiger partial charge in [-0.1, -0.05) is 32.0 Å². The van der Waals surface area contributed by atoms with Crippen LogP contribution >= 0.6 is 11.3 Å². The second kappa shape index (κ2) is 16.4. The Morgan fingerprint density at radius 1 is 1.15 bits per heavy atom. The predicted molar refractivity (Wildman–Crippen MR) is 149 cm³/mol. The number of nitrogens with two attached hydrogens (primary N) is 1. The van der Waals surface area contributed by atoms with Gasteiger partial charge in [-0.3, -0.25) is 4.21 Å². The van der Waals surface area contributed by atoms with E-state index in [0.717, 1.165) is 11.3 Å². The molecule has 3 unspecified atom stereocenters. The predicted octanol–water partition coefficient (Wildman–Crippen LogP) is 4.94. The maximum atomic E-state index is 13.0. The molecule has 0 aliphatic heterocycles. The molecule has 228 valence electrons. The van der Waals surface area contributed by atoms with Crippen LogP contribution in [0.25, 0.3) is 21.3 Å². The summed E-state index contributed by atoms with van der Waals surface area (Å²) in [5.41, 5.74) is 1.95. The van der Waals surface area contributed by atoms with Crippen molar-refractivity contribution in [3.63, 3.8) is 0 Å². The van der Waals surface area contributed by atoms with Crippen LogP contribution < -0.4 is 9.86 Å². The van der Waals surface area contributed by atoms with Gasteiger partial charge < -0.3 is 17.0 Å². The summed E-state index contributed by atoms with van der Waals surface area (Å²) in [5.74, 6) is -2.03. The van der Waals surface area contributed by atoms with Crippen molar-refractivity contribution in [3.8, 4) is 11.1 Å². The van der Waals surface area contributed by atoms with Crippen molar-refractivity contribution in [2.45, 2.75) is 38.2 Å². The van der Waals surface area contributed by atoms with E-state index >= 15 is 0 Å². The Morgan fingerprint density at radius 3 is 2.46 bits per heavy atom. The van der Waals surface area contributed by atoms with Crippen LogP contribution in [0.3, 0.4) is 0 Å². The molecule has 41 heavy (non-hydrogen) atoms. The van der Waals surface area contributed by atoms with E-state index in [1.54, 1.807) is 30.3 Å². The first-order chi connectivity index (χ1) is 18.5. The normalized spacial score (nSPS) is 13.2. The number of halogens is 3. The molecule has 2 heterocycles. The maximum absolute atomic E-state index is 13.0. The largest absolute Gasteiger partial charge is 1.00 e. The van der Waals surface area contributed by atoms with E-state index in [2.05, 4.69) is 19.9 Å². The van der Waals surface area contributed by atoms with Gasteiger partial charge in [-0.15, -0.1) is 21.5 Å². The minimum Gasteiger partial charge on any atom is -0.478 e. The SMILES string of the molecule is CC.NS(=O)NCc1nnc(C(c2nc3ccc(-c4cccc(C(=O)O)c4)cc3s2)S(=O)CCC(F)(F)F)o1.[Au+].[CH3-]. The smallest absolute Gasteiger partial charge is 0.478 e. The molecule has 17 heteroatoms. The van der Waals surface area contributed by atoms with E-state index in [1.165, 1.54) is 12.1 Å². The molecule has 2 aromatic heterocycles. The van der Waals surface area contributed by atoms with Crippen molar-refractivity contribution in [2.24, 2.45) is 5.14 Å². The maximum Gasteiger partial charge on any atom is 1.00 e. The van der Waals surface area contributed by atoms with E-state index in [4.69, 9.17) is 9.56 Å². The van der Waals surface area contributed by atoms with E-state index in [-0.39, 0.29) is 58.7 Å². The number of hydrogen-bond acceptors (Lipinski definition) is 8. The molecule has 10 nitrogen and oxygen atoms in total. The summed E-state index contributed by atoms with van der Waals surface area (Å²) in [5, 5.41) is 21.0. The molecule has 0 bridgehead atoms. The second-order valence-corrected chi connectivity index (χ2v) is 11.2.